The van der Waals surface area contributed by atoms with Crippen LogP contribution in [-0.4, -0.2) is 11.4 Å². The van der Waals surface area contributed by atoms with Crippen molar-refractivity contribution in [3.05, 3.63) is 72.2 Å². The lowest BCUT2D eigenvalue weighted by Gasteiger charge is -2.07. The second-order valence-electron chi connectivity index (χ2n) is 4.80. The summed E-state index contributed by atoms with van der Waals surface area (Å²) in [6.45, 7) is 0.387. The van der Waals surface area contributed by atoms with E-state index in [9.17, 15) is 9.90 Å². The van der Waals surface area contributed by atoms with Crippen molar-refractivity contribution in [2.24, 2.45) is 0 Å². The molecule has 0 aliphatic carbocycles. The molecule has 3 rings (SSSR count). The molecule has 116 valence electrons. The van der Waals surface area contributed by atoms with Gasteiger partial charge in [0.1, 0.15) is 18.1 Å². The van der Waals surface area contributed by atoms with Crippen molar-refractivity contribution >= 4 is 18.0 Å². The van der Waals surface area contributed by atoms with E-state index in [0.29, 0.717) is 18.7 Å². The van der Waals surface area contributed by atoms with Crippen LogP contribution in [0.3, 0.4) is 0 Å². The van der Waals surface area contributed by atoms with Crippen molar-refractivity contribution < 1.29 is 19.1 Å². The predicted octanol–water partition coefficient (Wildman–Crippen LogP) is 4.53. The van der Waals surface area contributed by atoms with Gasteiger partial charge in [0, 0.05) is 4.90 Å². The van der Waals surface area contributed by atoms with Crippen LogP contribution in [0.4, 0.5) is 0 Å². The van der Waals surface area contributed by atoms with Gasteiger partial charge in [-0.2, -0.15) is 0 Å². The van der Waals surface area contributed by atoms with Crippen molar-refractivity contribution in [1.82, 2.24) is 0 Å². The molecular weight excluding hydrogens is 312 g/mol. The Morgan fingerprint density at radius 3 is 2.70 bits per heavy atom. The fourth-order valence-electron chi connectivity index (χ4n) is 2.02. The zero-order chi connectivity index (χ0) is 16.1. The third-order valence-electron chi connectivity index (χ3n) is 3.13. The third kappa shape index (κ3) is 3.96. The molecule has 1 aromatic heterocycles. The number of furan rings is 1. The molecule has 0 spiro atoms. The van der Waals surface area contributed by atoms with Crippen LogP contribution in [0.25, 0.3) is 0 Å². The molecule has 23 heavy (non-hydrogen) atoms. The normalized spacial score (nSPS) is 10.4. The summed E-state index contributed by atoms with van der Waals surface area (Å²) in [7, 11) is 0. The lowest BCUT2D eigenvalue weighted by atomic mass is 10.2. The van der Waals surface area contributed by atoms with Gasteiger partial charge in [-0.15, -0.1) is 0 Å². The fraction of sp³-hybridized carbons (Fsp3) is 0.0556. The zero-order valence-electron chi connectivity index (χ0n) is 12.1. The Bertz CT molecular complexity index is 793. The van der Waals surface area contributed by atoms with Crippen molar-refractivity contribution in [2.75, 3.05) is 0 Å². The smallest absolute Gasteiger partial charge is 0.186 e. The maximum atomic E-state index is 10.8. The summed E-state index contributed by atoms with van der Waals surface area (Å²) >= 11 is 1.46. The van der Waals surface area contributed by atoms with E-state index >= 15 is 0 Å². The van der Waals surface area contributed by atoms with Gasteiger partial charge in [0.25, 0.3) is 0 Å². The van der Waals surface area contributed by atoms with E-state index in [0.717, 1.165) is 21.1 Å². The zero-order valence-corrected chi connectivity index (χ0v) is 13.0. The largest absolute Gasteiger partial charge is 0.508 e. The first kappa shape index (κ1) is 15.2. The highest BCUT2D eigenvalue weighted by Crippen LogP contribution is 2.31. The fourth-order valence-corrected chi connectivity index (χ4v) is 2.87. The third-order valence-corrected chi connectivity index (χ3v) is 4.20. The van der Waals surface area contributed by atoms with Crippen LogP contribution in [0.1, 0.15) is 16.1 Å². The van der Waals surface area contributed by atoms with Gasteiger partial charge in [-0.25, -0.2) is 0 Å². The number of phenolic OH excluding ortho intramolecular Hbond substituents is 1. The number of hydrogen-bond acceptors (Lipinski definition) is 5. The molecule has 0 atom stereocenters. The van der Waals surface area contributed by atoms with Crippen LogP contribution in [-0.2, 0) is 6.61 Å². The molecule has 1 heterocycles. The molecular formula is C18H14O4S. The topological polar surface area (TPSA) is 59.7 Å². The standard InChI is InChI=1S/C18H14O4S/c19-11-17-18(8-9-21-17)23-16-6-4-15(5-7-16)22-12-13-2-1-3-14(20)10-13/h1-11,20H,12H2. The molecule has 4 nitrogen and oxygen atoms in total. The number of ether oxygens (including phenoxy) is 1. The van der Waals surface area contributed by atoms with Crippen LogP contribution < -0.4 is 4.74 Å². The lowest BCUT2D eigenvalue weighted by molar-refractivity contribution is 0.109. The summed E-state index contributed by atoms with van der Waals surface area (Å²) in [5.41, 5.74) is 0.900. The molecule has 0 aliphatic rings. The summed E-state index contributed by atoms with van der Waals surface area (Å²) in [6.07, 6.45) is 2.20. The predicted molar refractivity (Wildman–Crippen MR) is 87.1 cm³/mol. The minimum Gasteiger partial charge on any atom is -0.508 e. The molecule has 2 aromatic carbocycles. The minimum absolute atomic E-state index is 0.226. The molecule has 0 radical (unpaired) electrons. The Kier molecular flexibility index (Phi) is 4.68. The number of phenols is 1. The number of benzene rings is 2. The van der Waals surface area contributed by atoms with Crippen LogP contribution in [0.2, 0.25) is 0 Å². The molecule has 5 heteroatoms. The van der Waals surface area contributed by atoms with E-state index in [1.54, 1.807) is 24.3 Å². The van der Waals surface area contributed by atoms with Crippen LogP contribution in [0, 0.1) is 0 Å². The Morgan fingerprint density at radius 2 is 1.96 bits per heavy atom. The van der Waals surface area contributed by atoms with Gasteiger partial charge in [0.05, 0.1) is 11.2 Å². The first-order chi connectivity index (χ1) is 11.2. The Morgan fingerprint density at radius 1 is 1.13 bits per heavy atom. The Labute approximate surface area is 137 Å². The Balaban J connectivity index is 1.62. The summed E-state index contributed by atoms with van der Waals surface area (Å²) in [5, 5.41) is 9.42. The van der Waals surface area contributed by atoms with Gasteiger partial charge >= 0.3 is 0 Å². The first-order valence-electron chi connectivity index (χ1n) is 6.96. The molecule has 1 N–H and O–H groups in total. The maximum absolute atomic E-state index is 10.8. The van der Waals surface area contributed by atoms with Crippen LogP contribution in [0.5, 0.6) is 11.5 Å². The highest BCUT2D eigenvalue weighted by molar-refractivity contribution is 7.99. The molecule has 0 aliphatic heterocycles. The average molecular weight is 326 g/mol. The van der Waals surface area contributed by atoms with E-state index in [1.165, 1.54) is 18.0 Å². The van der Waals surface area contributed by atoms with Crippen molar-refractivity contribution in [3.8, 4) is 11.5 Å². The van der Waals surface area contributed by atoms with E-state index < -0.39 is 0 Å². The molecule has 0 amide bonds. The number of rotatable bonds is 6. The van der Waals surface area contributed by atoms with Gasteiger partial charge in [-0.1, -0.05) is 23.9 Å². The van der Waals surface area contributed by atoms with E-state index in [-0.39, 0.29) is 5.75 Å². The van der Waals surface area contributed by atoms with Gasteiger partial charge < -0.3 is 14.3 Å². The number of aldehydes is 1. The molecule has 0 bridgehead atoms. The molecule has 0 saturated carbocycles. The number of aromatic hydroxyl groups is 1. The summed E-state index contributed by atoms with van der Waals surface area (Å²) in [5.74, 6) is 1.30. The SMILES string of the molecule is O=Cc1occc1Sc1ccc(OCc2cccc(O)c2)cc1. The van der Waals surface area contributed by atoms with Crippen molar-refractivity contribution in [1.29, 1.82) is 0 Å². The van der Waals surface area contributed by atoms with Gasteiger partial charge in [0.15, 0.2) is 12.0 Å². The molecule has 0 unspecified atom stereocenters. The monoisotopic (exact) mass is 326 g/mol. The number of carbonyl (C=O) groups is 1. The Hall–Kier alpha value is -2.66. The van der Waals surface area contributed by atoms with Gasteiger partial charge in [-0.3, -0.25) is 4.79 Å². The molecule has 0 fully saturated rings. The molecule has 3 aromatic rings. The highest BCUT2D eigenvalue weighted by atomic mass is 32.2. The second-order valence-corrected chi connectivity index (χ2v) is 5.91. The summed E-state index contributed by atoms with van der Waals surface area (Å²) in [4.78, 5) is 12.6. The van der Waals surface area contributed by atoms with Crippen molar-refractivity contribution in [3.63, 3.8) is 0 Å². The highest BCUT2D eigenvalue weighted by Gasteiger charge is 2.07. The average Bonchev–Trinajstić information content (AvgIpc) is 3.01. The first-order valence-corrected chi connectivity index (χ1v) is 7.77. The number of hydrogen-bond donors (Lipinski definition) is 1. The van der Waals surface area contributed by atoms with E-state index in [2.05, 4.69) is 0 Å². The van der Waals surface area contributed by atoms with Crippen LogP contribution >= 0.6 is 11.8 Å². The lowest BCUT2D eigenvalue weighted by Crippen LogP contribution is -1.94. The van der Waals surface area contributed by atoms with E-state index in [4.69, 9.17) is 9.15 Å². The maximum Gasteiger partial charge on any atom is 0.186 e. The second kappa shape index (κ2) is 7.07. The van der Waals surface area contributed by atoms with Crippen molar-refractivity contribution in [2.45, 2.75) is 16.4 Å². The number of carbonyl (C=O) groups excluding carboxylic acids is 1. The molecule has 0 saturated heterocycles. The quantitative estimate of drug-likeness (QED) is 0.675. The summed E-state index contributed by atoms with van der Waals surface area (Å²) < 4.78 is 10.8. The van der Waals surface area contributed by atoms with Gasteiger partial charge in [-0.05, 0) is 48.0 Å². The van der Waals surface area contributed by atoms with Gasteiger partial charge in [0.2, 0.25) is 0 Å². The minimum atomic E-state index is 0.226. The summed E-state index contributed by atoms with van der Waals surface area (Å²) in [6, 6.07) is 16.3. The van der Waals surface area contributed by atoms with Crippen LogP contribution in [0.15, 0.2) is 75.1 Å². The van der Waals surface area contributed by atoms with E-state index in [1.807, 2.05) is 30.3 Å².